The number of rotatable bonds is 4. The number of carboxylic acids is 1. The molecular formula is C20H18N2O5S3. The van der Waals surface area contributed by atoms with Crippen LogP contribution in [0.3, 0.4) is 0 Å². The van der Waals surface area contributed by atoms with Crippen LogP contribution in [0.5, 0.6) is 0 Å². The number of carboxylic acid groups (broad SMARTS) is 1. The highest BCUT2D eigenvalue weighted by Crippen LogP contribution is 2.68. The number of aromatic amines is 1. The van der Waals surface area contributed by atoms with Gasteiger partial charge in [0.2, 0.25) is 11.8 Å². The molecule has 0 radical (unpaired) electrons. The summed E-state index contributed by atoms with van der Waals surface area (Å²) in [5.74, 6) is -0.767. The number of carbonyl (C=O) groups excluding carboxylic acids is 2. The molecule has 6 rings (SSSR count). The van der Waals surface area contributed by atoms with Crippen LogP contribution in [0, 0.1) is 33.5 Å². The Morgan fingerprint density at radius 1 is 1.30 bits per heavy atom. The Morgan fingerprint density at radius 2 is 2.07 bits per heavy atom. The van der Waals surface area contributed by atoms with Gasteiger partial charge in [-0.1, -0.05) is 0 Å². The summed E-state index contributed by atoms with van der Waals surface area (Å²) < 4.78 is 6.55. The Morgan fingerprint density at radius 3 is 2.77 bits per heavy atom. The third-order valence-electron chi connectivity index (χ3n) is 7.21. The third-order valence-corrected chi connectivity index (χ3v) is 10.2. The van der Waals surface area contributed by atoms with Gasteiger partial charge < -0.3 is 14.5 Å². The molecule has 2 bridgehead atoms. The highest BCUT2D eigenvalue weighted by Gasteiger charge is 2.69. The van der Waals surface area contributed by atoms with Gasteiger partial charge in [-0.25, -0.2) is 0 Å². The molecule has 2 aromatic rings. The summed E-state index contributed by atoms with van der Waals surface area (Å²) in [6, 6.07) is 3.86. The standard InChI is InChI=1S/C20H18N2O5S3/c23-10(24)3-4-22-18(25)12-7-6-8(13(12)19(22)26)15-11(7)14(9-2-1-5-27-9)16-17(29-15)21-20(28)30-16/h1-2,5,7-8,11-15H,3-4,6H2,(H,21,28)(H,23,24). The van der Waals surface area contributed by atoms with Gasteiger partial charge in [-0.05, 0) is 48.5 Å². The molecule has 7 atom stereocenters. The van der Waals surface area contributed by atoms with E-state index in [9.17, 15) is 14.4 Å². The lowest BCUT2D eigenvalue weighted by Crippen LogP contribution is -2.42. The molecule has 2 aromatic heterocycles. The van der Waals surface area contributed by atoms with Gasteiger partial charge in [0, 0.05) is 16.7 Å². The van der Waals surface area contributed by atoms with Crippen molar-refractivity contribution in [3.05, 3.63) is 33.0 Å². The first-order valence-corrected chi connectivity index (χ1v) is 12.1. The van der Waals surface area contributed by atoms with Crippen LogP contribution in [0.4, 0.5) is 0 Å². The number of amides is 2. The van der Waals surface area contributed by atoms with Gasteiger partial charge in [0.05, 0.1) is 35.5 Å². The molecule has 4 heterocycles. The molecule has 4 aliphatic rings. The van der Waals surface area contributed by atoms with E-state index in [4.69, 9.17) is 21.7 Å². The molecule has 2 aliphatic heterocycles. The number of carbonyl (C=O) groups is 3. The van der Waals surface area contributed by atoms with Gasteiger partial charge in [-0.2, -0.15) is 0 Å². The molecule has 0 spiro atoms. The van der Waals surface area contributed by atoms with Crippen molar-refractivity contribution in [2.45, 2.75) is 29.0 Å². The first-order valence-electron chi connectivity index (χ1n) is 9.95. The molecule has 156 valence electrons. The zero-order chi connectivity index (χ0) is 20.7. The van der Waals surface area contributed by atoms with Crippen LogP contribution in [-0.4, -0.2) is 44.6 Å². The summed E-state index contributed by atoms with van der Waals surface area (Å²) in [4.78, 5) is 42.9. The van der Waals surface area contributed by atoms with Crippen LogP contribution in [0.2, 0.25) is 0 Å². The van der Waals surface area contributed by atoms with E-state index < -0.39 is 5.97 Å². The molecular weight excluding hydrogens is 444 g/mol. The minimum atomic E-state index is -1.00. The van der Waals surface area contributed by atoms with Crippen molar-refractivity contribution < 1.29 is 23.9 Å². The highest BCUT2D eigenvalue weighted by atomic mass is 32.2. The van der Waals surface area contributed by atoms with E-state index in [1.165, 1.54) is 4.90 Å². The van der Waals surface area contributed by atoms with Crippen LogP contribution in [-0.2, 0) is 14.4 Å². The fourth-order valence-electron chi connectivity index (χ4n) is 6.29. The summed E-state index contributed by atoms with van der Waals surface area (Å²) in [5, 5.41) is 10.3. The zero-order valence-corrected chi connectivity index (χ0v) is 18.1. The van der Waals surface area contributed by atoms with E-state index in [2.05, 4.69) is 4.98 Å². The largest absolute Gasteiger partial charge is 0.481 e. The van der Waals surface area contributed by atoms with Crippen molar-refractivity contribution in [2.24, 2.45) is 29.6 Å². The Labute approximate surface area is 184 Å². The number of hydrogen-bond acceptors (Lipinski definition) is 7. The van der Waals surface area contributed by atoms with Crippen LogP contribution in [0.1, 0.15) is 29.4 Å². The SMILES string of the molecule is O=C(O)CCN1C(=O)C2C3CC(C2C1=O)C1C(c2ccco2)c2sc(=S)[nH]c2SC31. The zero-order valence-electron chi connectivity index (χ0n) is 15.6. The lowest BCUT2D eigenvalue weighted by atomic mass is 9.69. The first-order chi connectivity index (χ1) is 14.5. The van der Waals surface area contributed by atoms with Crippen LogP contribution in [0.15, 0.2) is 27.8 Å². The molecule has 1 saturated heterocycles. The molecule has 0 aromatic carbocycles. The first kappa shape index (κ1) is 18.8. The van der Waals surface area contributed by atoms with Crippen molar-refractivity contribution >= 4 is 53.1 Å². The molecule has 7 nitrogen and oxygen atoms in total. The summed E-state index contributed by atoms with van der Waals surface area (Å²) in [5.41, 5.74) is 0. The van der Waals surface area contributed by atoms with E-state index in [1.54, 1.807) is 29.4 Å². The number of thiazole rings is 1. The van der Waals surface area contributed by atoms with Crippen molar-refractivity contribution in [3.63, 3.8) is 0 Å². The van der Waals surface area contributed by atoms with E-state index >= 15 is 0 Å². The second kappa shape index (κ2) is 6.54. The number of nitrogens with zero attached hydrogens (tertiary/aromatic N) is 1. The van der Waals surface area contributed by atoms with Gasteiger partial charge in [0.25, 0.3) is 0 Å². The van der Waals surface area contributed by atoms with Crippen LogP contribution < -0.4 is 0 Å². The van der Waals surface area contributed by atoms with Crippen molar-refractivity contribution in [1.82, 2.24) is 9.88 Å². The summed E-state index contributed by atoms with van der Waals surface area (Å²) in [7, 11) is 0. The second-order valence-corrected chi connectivity index (χ2v) is 11.4. The number of fused-ring (bicyclic) bond motifs is 9. The number of H-pyrrole nitrogens is 1. The van der Waals surface area contributed by atoms with Gasteiger partial charge in [0.15, 0.2) is 3.95 Å². The lowest BCUT2D eigenvalue weighted by molar-refractivity contribution is -0.142. The maximum Gasteiger partial charge on any atom is 0.305 e. The Balaban J connectivity index is 1.40. The van der Waals surface area contributed by atoms with Crippen molar-refractivity contribution in [2.75, 3.05) is 6.54 Å². The van der Waals surface area contributed by atoms with E-state index in [-0.39, 0.29) is 65.5 Å². The molecule has 2 amide bonds. The lowest BCUT2D eigenvalue weighted by Gasteiger charge is -2.42. The van der Waals surface area contributed by atoms with Crippen LogP contribution in [0.25, 0.3) is 0 Å². The molecule has 3 fully saturated rings. The topological polar surface area (TPSA) is 104 Å². The van der Waals surface area contributed by atoms with Gasteiger partial charge in [0.1, 0.15) is 5.76 Å². The fourth-order valence-corrected chi connectivity index (χ4v) is 9.61. The number of furan rings is 1. The third kappa shape index (κ3) is 2.44. The second-order valence-electron chi connectivity index (χ2n) is 8.45. The Hall–Kier alpha value is -1.91. The molecule has 2 saturated carbocycles. The molecule has 7 unspecified atom stereocenters. The van der Waals surface area contributed by atoms with Gasteiger partial charge in [-0.15, -0.1) is 23.1 Å². The molecule has 10 heteroatoms. The number of aliphatic carboxylic acids is 1. The van der Waals surface area contributed by atoms with Crippen molar-refractivity contribution in [1.29, 1.82) is 0 Å². The quantitative estimate of drug-likeness (QED) is 0.530. The predicted octanol–water partition coefficient (Wildman–Crippen LogP) is 3.35. The minimum Gasteiger partial charge on any atom is -0.481 e. The maximum absolute atomic E-state index is 13.2. The normalized spacial score (nSPS) is 36.1. The minimum absolute atomic E-state index is 0.0196. The molecule has 2 aliphatic carbocycles. The number of aromatic nitrogens is 1. The van der Waals surface area contributed by atoms with Gasteiger partial charge >= 0.3 is 5.97 Å². The number of likely N-dealkylation sites (tertiary alicyclic amines) is 1. The summed E-state index contributed by atoms with van der Waals surface area (Å²) >= 11 is 8.73. The fraction of sp³-hybridized carbons (Fsp3) is 0.500. The monoisotopic (exact) mass is 462 g/mol. The molecule has 30 heavy (non-hydrogen) atoms. The number of nitrogens with one attached hydrogen (secondary N) is 1. The number of thioether (sulfide) groups is 1. The van der Waals surface area contributed by atoms with Crippen molar-refractivity contribution in [3.8, 4) is 0 Å². The van der Waals surface area contributed by atoms with E-state index in [0.717, 1.165) is 26.0 Å². The smallest absolute Gasteiger partial charge is 0.305 e. The Bertz CT molecular complexity index is 1120. The average molecular weight is 463 g/mol. The maximum atomic E-state index is 13.2. The summed E-state index contributed by atoms with van der Waals surface area (Å²) in [6.07, 6.45) is 2.32. The average Bonchev–Trinajstić information content (AvgIpc) is 3.48. The highest BCUT2D eigenvalue weighted by molar-refractivity contribution is 8.00. The predicted molar refractivity (Wildman–Crippen MR) is 111 cm³/mol. The molecule has 2 N–H and O–H groups in total. The summed E-state index contributed by atoms with van der Waals surface area (Å²) in [6.45, 7) is -0.0377. The number of hydrogen-bond donors (Lipinski definition) is 2. The van der Waals surface area contributed by atoms with Crippen LogP contribution >= 0.6 is 35.3 Å². The Kier molecular flexibility index (Phi) is 4.11. The van der Waals surface area contributed by atoms with E-state index in [0.29, 0.717) is 0 Å². The van der Waals surface area contributed by atoms with E-state index in [1.807, 2.05) is 12.1 Å². The van der Waals surface area contributed by atoms with Gasteiger partial charge in [-0.3, -0.25) is 19.3 Å². The number of imide groups is 1.